The summed E-state index contributed by atoms with van der Waals surface area (Å²) in [5.74, 6) is -2.56. The van der Waals surface area contributed by atoms with Crippen LogP contribution in [-0.2, 0) is 10.9 Å². The molecule has 0 radical (unpaired) electrons. The van der Waals surface area contributed by atoms with Crippen LogP contribution in [0.5, 0.6) is 0 Å². The topological polar surface area (TPSA) is 93.4 Å². The molecule has 3 rings (SSSR count). The zero-order valence-electron chi connectivity index (χ0n) is 16.4. The molecule has 0 bridgehead atoms. The van der Waals surface area contributed by atoms with Crippen LogP contribution in [0.3, 0.4) is 0 Å². The molecule has 2 heterocycles. The van der Waals surface area contributed by atoms with Crippen molar-refractivity contribution in [2.45, 2.75) is 6.18 Å². The summed E-state index contributed by atoms with van der Waals surface area (Å²) >= 11 is 3.23. The number of halogens is 4. The van der Waals surface area contributed by atoms with Gasteiger partial charge in [-0.2, -0.15) is 13.2 Å². The van der Waals surface area contributed by atoms with E-state index in [2.05, 4.69) is 36.2 Å². The fraction of sp³-hybridized carbons (Fsp3) is 0.263. The highest BCUT2D eigenvalue weighted by Crippen LogP contribution is 2.37. The van der Waals surface area contributed by atoms with Gasteiger partial charge in [0, 0.05) is 25.2 Å². The standard InChI is InChI=1S/C19H17BrF3N5O3/c1-28(7-8-30-2)18-24-9-11(10-25-18)26-16(29)14-15(19(21,22)23)31-17(27-14)12-5-3-4-6-13(12)20/h3-6,9-10H,7-8H2,1-2H3,(H,26,29). The van der Waals surface area contributed by atoms with E-state index >= 15 is 0 Å². The first-order chi connectivity index (χ1) is 14.7. The Bertz CT molecular complexity index is 1060. The third kappa shape index (κ3) is 5.39. The van der Waals surface area contributed by atoms with Gasteiger partial charge in [-0.3, -0.25) is 4.79 Å². The first kappa shape index (κ1) is 22.7. The summed E-state index contributed by atoms with van der Waals surface area (Å²) in [5.41, 5.74) is -0.508. The molecule has 1 amide bonds. The van der Waals surface area contributed by atoms with Crippen LogP contribution < -0.4 is 10.2 Å². The first-order valence-corrected chi connectivity index (χ1v) is 9.66. The number of oxazole rings is 1. The Kier molecular flexibility index (Phi) is 6.91. The van der Waals surface area contributed by atoms with E-state index in [-0.39, 0.29) is 17.1 Å². The Balaban J connectivity index is 1.85. The molecule has 1 N–H and O–H groups in total. The number of hydrogen-bond donors (Lipinski definition) is 1. The molecular formula is C19H17BrF3N5O3. The summed E-state index contributed by atoms with van der Waals surface area (Å²) < 4.78 is 50.7. The molecule has 0 fully saturated rings. The lowest BCUT2D eigenvalue weighted by Gasteiger charge is -2.16. The number of aromatic nitrogens is 3. The van der Waals surface area contributed by atoms with Crippen LogP contribution in [0.15, 0.2) is 45.5 Å². The first-order valence-electron chi connectivity index (χ1n) is 8.87. The number of alkyl halides is 3. The monoisotopic (exact) mass is 499 g/mol. The molecule has 2 aromatic heterocycles. The molecule has 0 aliphatic rings. The summed E-state index contributed by atoms with van der Waals surface area (Å²) in [4.78, 5) is 26.2. The fourth-order valence-corrected chi connectivity index (χ4v) is 2.97. The molecule has 164 valence electrons. The molecule has 1 aromatic carbocycles. The van der Waals surface area contributed by atoms with Crippen LogP contribution in [0.25, 0.3) is 11.5 Å². The molecule has 0 spiro atoms. The average molecular weight is 500 g/mol. The molecule has 0 aliphatic carbocycles. The Morgan fingerprint density at radius 2 is 1.94 bits per heavy atom. The predicted octanol–water partition coefficient (Wildman–Crippen LogP) is 4.25. The van der Waals surface area contributed by atoms with Gasteiger partial charge in [-0.05, 0) is 28.1 Å². The number of amides is 1. The van der Waals surface area contributed by atoms with Crippen LogP contribution in [0.2, 0.25) is 0 Å². The maximum Gasteiger partial charge on any atom is 0.452 e. The zero-order chi connectivity index (χ0) is 22.6. The van der Waals surface area contributed by atoms with Crippen molar-refractivity contribution >= 4 is 33.5 Å². The number of hydrogen-bond acceptors (Lipinski definition) is 7. The van der Waals surface area contributed by atoms with Gasteiger partial charge in [0.1, 0.15) is 0 Å². The number of methoxy groups -OCH3 is 1. The molecule has 0 atom stereocenters. The van der Waals surface area contributed by atoms with Crippen molar-refractivity contribution in [3.05, 3.63) is 52.6 Å². The minimum absolute atomic E-state index is 0.104. The van der Waals surface area contributed by atoms with E-state index in [0.717, 1.165) is 0 Å². The van der Waals surface area contributed by atoms with Crippen molar-refractivity contribution in [3.8, 4) is 11.5 Å². The quantitative estimate of drug-likeness (QED) is 0.519. The summed E-state index contributed by atoms with van der Waals surface area (Å²) in [5, 5.41) is 2.32. The molecule has 31 heavy (non-hydrogen) atoms. The molecule has 0 saturated heterocycles. The second kappa shape index (κ2) is 9.43. The van der Waals surface area contributed by atoms with Gasteiger partial charge in [0.15, 0.2) is 5.69 Å². The molecule has 0 aliphatic heterocycles. The average Bonchev–Trinajstić information content (AvgIpc) is 3.19. The second-order valence-corrected chi connectivity index (χ2v) is 7.17. The molecule has 12 heteroatoms. The van der Waals surface area contributed by atoms with Crippen molar-refractivity contribution in [1.82, 2.24) is 15.0 Å². The highest BCUT2D eigenvalue weighted by Gasteiger charge is 2.42. The van der Waals surface area contributed by atoms with Gasteiger partial charge in [0.2, 0.25) is 17.6 Å². The highest BCUT2D eigenvalue weighted by atomic mass is 79.9. The summed E-state index contributed by atoms with van der Waals surface area (Å²) in [6, 6.07) is 6.44. The van der Waals surface area contributed by atoms with E-state index < -0.39 is 23.5 Å². The number of carbonyl (C=O) groups is 1. The van der Waals surface area contributed by atoms with Crippen LogP contribution >= 0.6 is 15.9 Å². The minimum Gasteiger partial charge on any atom is -0.431 e. The van der Waals surface area contributed by atoms with E-state index in [1.165, 1.54) is 18.5 Å². The van der Waals surface area contributed by atoms with Gasteiger partial charge < -0.3 is 19.4 Å². The number of benzene rings is 1. The van der Waals surface area contributed by atoms with Crippen molar-refractivity contribution in [2.24, 2.45) is 0 Å². The lowest BCUT2D eigenvalue weighted by atomic mass is 10.2. The third-order valence-corrected chi connectivity index (χ3v) is 4.76. The van der Waals surface area contributed by atoms with Gasteiger partial charge in [0.25, 0.3) is 5.91 Å². The van der Waals surface area contributed by atoms with Gasteiger partial charge in [-0.15, -0.1) is 0 Å². The van der Waals surface area contributed by atoms with Gasteiger partial charge in [-0.1, -0.05) is 12.1 Å². The van der Waals surface area contributed by atoms with E-state index in [9.17, 15) is 18.0 Å². The lowest BCUT2D eigenvalue weighted by Crippen LogP contribution is -2.24. The predicted molar refractivity (Wildman–Crippen MR) is 110 cm³/mol. The van der Waals surface area contributed by atoms with Crippen LogP contribution in [-0.4, -0.2) is 48.2 Å². The van der Waals surface area contributed by atoms with Crippen LogP contribution in [0.1, 0.15) is 16.2 Å². The lowest BCUT2D eigenvalue weighted by molar-refractivity contribution is -0.153. The number of carbonyl (C=O) groups excluding carboxylic acids is 1. The Morgan fingerprint density at radius 3 is 2.55 bits per heavy atom. The fourth-order valence-electron chi connectivity index (χ4n) is 2.52. The summed E-state index contributed by atoms with van der Waals surface area (Å²) in [6.45, 7) is 0.999. The number of rotatable bonds is 7. The van der Waals surface area contributed by atoms with E-state index in [4.69, 9.17) is 9.15 Å². The third-order valence-electron chi connectivity index (χ3n) is 4.07. The molecule has 8 nitrogen and oxygen atoms in total. The highest BCUT2D eigenvalue weighted by molar-refractivity contribution is 9.10. The maximum atomic E-state index is 13.5. The Labute approximate surface area is 183 Å². The number of nitrogens with one attached hydrogen (secondary N) is 1. The molecule has 0 unspecified atom stereocenters. The van der Waals surface area contributed by atoms with E-state index in [1.54, 1.807) is 37.3 Å². The second-order valence-electron chi connectivity index (χ2n) is 6.31. The van der Waals surface area contributed by atoms with Crippen LogP contribution in [0, 0.1) is 0 Å². The smallest absolute Gasteiger partial charge is 0.431 e. The molecular weight excluding hydrogens is 483 g/mol. The van der Waals surface area contributed by atoms with Crippen molar-refractivity contribution in [1.29, 1.82) is 0 Å². The number of nitrogens with zero attached hydrogens (tertiary/aromatic N) is 4. The maximum absolute atomic E-state index is 13.5. The van der Waals surface area contributed by atoms with Crippen molar-refractivity contribution in [2.75, 3.05) is 37.5 Å². The summed E-state index contributed by atoms with van der Waals surface area (Å²) in [6.07, 6.45) is -2.35. The van der Waals surface area contributed by atoms with Crippen molar-refractivity contribution in [3.63, 3.8) is 0 Å². The van der Waals surface area contributed by atoms with Gasteiger partial charge >= 0.3 is 6.18 Å². The van der Waals surface area contributed by atoms with Crippen LogP contribution in [0.4, 0.5) is 24.8 Å². The van der Waals surface area contributed by atoms with E-state index in [0.29, 0.717) is 23.6 Å². The number of anilines is 2. The van der Waals surface area contributed by atoms with Crippen molar-refractivity contribution < 1.29 is 27.1 Å². The Hall–Kier alpha value is -2.99. The summed E-state index contributed by atoms with van der Waals surface area (Å²) in [7, 11) is 3.31. The number of likely N-dealkylation sites (N-methyl/N-ethyl adjacent to an activating group) is 1. The van der Waals surface area contributed by atoms with E-state index in [1.807, 2.05) is 0 Å². The van der Waals surface area contributed by atoms with Gasteiger partial charge in [0.05, 0.1) is 30.3 Å². The zero-order valence-corrected chi connectivity index (χ0v) is 18.0. The number of ether oxygens (including phenoxy) is 1. The Morgan fingerprint density at radius 1 is 1.26 bits per heavy atom. The largest absolute Gasteiger partial charge is 0.452 e. The molecule has 0 saturated carbocycles. The minimum atomic E-state index is -4.91. The normalized spacial score (nSPS) is 11.4. The van der Waals surface area contributed by atoms with Gasteiger partial charge in [-0.25, -0.2) is 15.0 Å². The molecule has 3 aromatic rings. The SMILES string of the molecule is COCCN(C)c1ncc(NC(=O)c2nc(-c3ccccc3Br)oc2C(F)(F)F)cn1.